The van der Waals surface area contributed by atoms with Crippen molar-refractivity contribution in [2.75, 3.05) is 13.2 Å². The Morgan fingerprint density at radius 2 is 2.10 bits per heavy atom. The van der Waals surface area contributed by atoms with Crippen molar-refractivity contribution >= 4 is 26.9 Å². The smallest absolute Gasteiger partial charge is 0.344 e. The Balaban J connectivity index is 2.43. The number of esters is 1. The molecule has 0 aliphatic heterocycles. The van der Waals surface area contributed by atoms with Crippen molar-refractivity contribution < 1.29 is 22.7 Å². The van der Waals surface area contributed by atoms with Gasteiger partial charge >= 0.3 is 5.97 Å². The molecule has 0 aliphatic carbocycles. The zero-order valence-corrected chi connectivity index (χ0v) is 12.5. The van der Waals surface area contributed by atoms with E-state index in [1.165, 1.54) is 6.20 Å². The van der Waals surface area contributed by atoms with Gasteiger partial charge in [-0.2, -0.15) is 0 Å². The van der Waals surface area contributed by atoms with Gasteiger partial charge in [-0.25, -0.2) is 18.4 Å². The number of carbonyl (C=O) groups excluding carboxylic acids is 1. The maximum absolute atomic E-state index is 11.6. The number of rotatable bonds is 5. The van der Waals surface area contributed by atoms with Crippen LogP contribution in [0.25, 0.3) is 10.9 Å². The normalized spacial score (nSPS) is 11.6. The van der Waals surface area contributed by atoms with Crippen LogP contribution in [0.2, 0.25) is 0 Å². The SMILES string of the molecule is CCOC(=O)COc1cccc2c(S(N)(=O)=O)cn(C)c12. The second-order valence-electron chi connectivity index (χ2n) is 4.40. The quantitative estimate of drug-likeness (QED) is 0.822. The van der Waals surface area contributed by atoms with Crippen LogP contribution in [-0.4, -0.2) is 32.2 Å². The maximum atomic E-state index is 11.6. The lowest BCUT2D eigenvalue weighted by molar-refractivity contribution is -0.145. The molecule has 0 atom stereocenters. The van der Waals surface area contributed by atoms with Crippen LogP contribution < -0.4 is 9.88 Å². The van der Waals surface area contributed by atoms with E-state index in [2.05, 4.69) is 0 Å². The second kappa shape index (κ2) is 5.74. The van der Waals surface area contributed by atoms with E-state index in [1.54, 1.807) is 36.7 Å². The van der Waals surface area contributed by atoms with Gasteiger partial charge in [-0.05, 0) is 13.0 Å². The number of aryl methyl sites for hydroxylation is 1. The van der Waals surface area contributed by atoms with Crippen LogP contribution in [0.4, 0.5) is 0 Å². The molecule has 8 heteroatoms. The molecule has 2 N–H and O–H groups in total. The molecule has 0 amide bonds. The van der Waals surface area contributed by atoms with E-state index >= 15 is 0 Å². The minimum atomic E-state index is -3.83. The van der Waals surface area contributed by atoms with Crippen LogP contribution >= 0.6 is 0 Å². The minimum Gasteiger partial charge on any atom is -0.480 e. The molecule has 0 radical (unpaired) electrons. The number of ether oxygens (including phenoxy) is 2. The fraction of sp³-hybridized carbons (Fsp3) is 0.308. The largest absolute Gasteiger partial charge is 0.480 e. The lowest BCUT2D eigenvalue weighted by Crippen LogP contribution is -2.14. The minimum absolute atomic E-state index is 0.0154. The van der Waals surface area contributed by atoms with Gasteiger partial charge in [-0.3, -0.25) is 0 Å². The number of carbonyl (C=O) groups is 1. The Morgan fingerprint density at radius 1 is 1.38 bits per heavy atom. The number of aromatic nitrogens is 1. The first-order chi connectivity index (χ1) is 9.84. The topological polar surface area (TPSA) is 101 Å². The molecule has 0 fully saturated rings. The summed E-state index contributed by atoms with van der Waals surface area (Å²) in [6.07, 6.45) is 1.41. The Bertz CT molecular complexity index is 779. The van der Waals surface area contributed by atoms with Gasteiger partial charge in [0.25, 0.3) is 0 Å². The first-order valence-electron chi connectivity index (χ1n) is 6.24. The summed E-state index contributed by atoms with van der Waals surface area (Å²) in [5.74, 6) is -0.103. The van der Waals surface area contributed by atoms with Crippen LogP contribution in [0.1, 0.15) is 6.92 Å². The van der Waals surface area contributed by atoms with Crippen molar-refractivity contribution in [3.8, 4) is 5.75 Å². The zero-order valence-electron chi connectivity index (χ0n) is 11.7. The lowest BCUT2D eigenvalue weighted by atomic mass is 10.2. The Kier molecular flexibility index (Phi) is 4.19. The molecule has 1 aromatic heterocycles. The number of fused-ring (bicyclic) bond motifs is 1. The fourth-order valence-electron chi connectivity index (χ4n) is 2.08. The molecule has 21 heavy (non-hydrogen) atoms. The highest BCUT2D eigenvalue weighted by atomic mass is 32.2. The van der Waals surface area contributed by atoms with Gasteiger partial charge in [-0.15, -0.1) is 0 Å². The molecule has 0 saturated heterocycles. The molecule has 1 aromatic carbocycles. The van der Waals surface area contributed by atoms with Gasteiger partial charge in [0, 0.05) is 18.6 Å². The summed E-state index contributed by atoms with van der Waals surface area (Å²) in [7, 11) is -2.16. The Labute approximate surface area is 122 Å². The standard InChI is InChI=1S/C13H16N2O5S/c1-3-19-12(16)8-20-10-6-4-5-9-11(21(14,17)18)7-15(2)13(9)10/h4-7H,3,8H2,1-2H3,(H2,14,17,18). The van der Waals surface area contributed by atoms with E-state index in [0.717, 1.165) is 0 Å². The van der Waals surface area contributed by atoms with E-state index in [4.69, 9.17) is 14.6 Å². The highest BCUT2D eigenvalue weighted by molar-refractivity contribution is 7.89. The first kappa shape index (κ1) is 15.3. The maximum Gasteiger partial charge on any atom is 0.344 e. The fourth-order valence-corrected chi connectivity index (χ4v) is 2.85. The van der Waals surface area contributed by atoms with E-state index in [-0.39, 0.29) is 18.1 Å². The summed E-state index contributed by atoms with van der Waals surface area (Å²) < 4.78 is 34.9. The zero-order chi connectivity index (χ0) is 15.6. The second-order valence-corrected chi connectivity index (χ2v) is 5.93. The molecule has 0 aliphatic rings. The molecular weight excluding hydrogens is 296 g/mol. The number of benzene rings is 1. The van der Waals surface area contributed by atoms with E-state index in [0.29, 0.717) is 16.7 Å². The molecular formula is C13H16N2O5S. The third-order valence-corrected chi connectivity index (χ3v) is 3.82. The van der Waals surface area contributed by atoms with Crippen molar-refractivity contribution in [3.05, 3.63) is 24.4 Å². The van der Waals surface area contributed by atoms with Gasteiger partial charge in [0.15, 0.2) is 6.61 Å². The van der Waals surface area contributed by atoms with Crippen LogP contribution in [-0.2, 0) is 26.6 Å². The summed E-state index contributed by atoms with van der Waals surface area (Å²) in [4.78, 5) is 11.3. The number of hydrogen-bond acceptors (Lipinski definition) is 5. The predicted octanol–water partition coefficient (Wildman–Crippen LogP) is 0.768. The summed E-state index contributed by atoms with van der Waals surface area (Å²) in [5, 5.41) is 5.64. The molecule has 0 unspecified atom stereocenters. The number of nitrogens with two attached hydrogens (primary N) is 1. The van der Waals surface area contributed by atoms with E-state index < -0.39 is 16.0 Å². The summed E-state index contributed by atoms with van der Waals surface area (Å²) in [6, 6.07) is 4.91. The monoisotopic (exact) mass is 312 g/mol. The third kappa shape index (κ3) is 3.17. The van der Waals surface area contributed by atoms with Crippen LogP contribution in [0.5, 0.6) is 5.75 Å². The van der Waals surface area contributed by atoms with E-state index in [9.17, 15) is 13.2 Å². The van der Waals surface area contributed by atoms with Gasteiger partial charge in [0.1, 0.15) is 10.6 Å². The molecule has 0 bridgehead atoms. The van der Waals surface area contributed by atoms with Gasteiger partial charge < -0.3 is 14.0 Å². The van der Waals surface area contributed by atoms with Crippen LogP contribution in [0, 0.1) is 0 Å². The molecule has 7 nitrogen and oxygen atoms in total. The number of primary sulfonamides is 1. The number of hydrogen-bond donors (Lipinski definition) is 1. The highest BCUT2D eigenvalue weighted by Crippen LogP contribution is 2.31. The molecule has 0 spiro atoms. The van der Waals surface area contributed by atoms with Gasteiger partial charge in [0.2, 0.25) is 10.0 Å². The number of sulfonamides is 1. The molecule has 0 saturated carbocycles. The van der Waals surface area contributed by atoms with Gasteiger partial charge in [0.05, 0.1) is 12.1 Å². The molecule has 2 aromatic rings. The Hall–Kier alpha value is -2.06. The third-order valence-electron chi connectivity index (χ3n) is 2.89. The van der Waals surface area contributed by atoms with Crippen LogP contribution in [0.15, 0.2) is 29.3 Å². The van der Waals surface area contributed by atoms with Crippen molar-refractivity contribution in [3.63, 3.8) is 0 Å². The highest BCUT2D eigenvalue weighted by Gasteiger charge is 2.19. The van der Waals surface area contributed by atoms with Crippen molar-refractivity contribution in [1.29, 1.82) is 0 Å². The average Bonchev–Trinajstić information content (AvgIpc) is 2.75. The molecule has 114 valence electrons. The van der Waals surface area contributed by atoms with E-state index in [1.807, 2.05) is 0 Å². The summed E-state index contributed by atoms with van der Waals surface area (Å²) in [5.41, 5.74) is 0.547. The predicted molar refractivity (Wildman–Crippen MR) is 76.4 cm³/mol. The number of nitrogens with zero attached hydrogens (tertiary/aromatic N) is 1. The molecule has 2 rings (SSSR count). The summed E-state index contributed by atoms with van der Waals surface area (Å²) >= 11 is 0. The first-order valence-corrected chi connectivity index (χ1v) is 7.78. The van der Waals surface area contributed by atoms with Gasteiger partial charge in [-0.1, -0.05) is 12.1 Å². The van der Waals surface area contributed by atoms with Crippen LogP contribution in [0.3, 0.4) is 0 Å². The van der Waals surface area contributed by atoms with Crippen molar-refractivity contribution in [2.45, 2.75) is 11.8 Å². The number of para-hydroxylation sites is 1. The Morgan fingerprint density at radius 3 is 2.71 bits per heavy atom. The van der Waals surface area contributed by atoms with Crippen molar-refractivity contribution in [1.82, 2.24) is 4.57 Å². The lowest BCUT2D eigenvalue weighted by Gasteiger charge is -2.08. The summed E-state index contributed by atoms with van der Waals surface area (Å²) in [6.45, 7) is 1.73. The average molecular weight is 312 g/mol. The molecule has 1 heterocycles. The van der Waals surface area contributed by atoms with Crippen molar-refractivity contribution in [2.24, 2.45) is 12.2 Å².